The molecule has 0 spiro atoms. The smallest absolute Gasteiger partial charge is 0.279 e. The predicted molar refractivity (Wildman–Crippen MR) is 121 cm³/mol. The molecular formula is C22H25N3O4S2. The van der Waals surface area contributed by atoms with Gasteiger partial charge in [0.05, 0.1) is 16.7 Å². The molecule has 31 heavy (non-hydrogen) atoms. The number of thiazole rings is 1. The van der Waals surface area contributed by atoms with Crippen LogP contribution in [0, 0.1) is 0 Å². The van der Waals surface area contributed by atoms with Gasteiger partial charge in [0.1, 0.15) is 11.3 Å². The van der Waals surface area contributed by atoms with Crippen LogP contribution in [0.4, 0.5) is 0 Å². The molecule has 0 bridgehead atoms. The fourth-order valence-corrected chi connectivity index (χ4v) is 6.37. The highest BCUT2D eigenvalue weighted by molar-refractivity contribution is 7.89. The largest absolute Gasteiger partial charge is 0.495 e. The number of ether oxygens (including phenoxy) is 1. The van der Waals surface area contributed by atoms with E-state index in [0.29, 0.717) is 30.0 Å². The lowest BCUT2D eigenvalue weighted by Crippen LogP contribution is -2.27. The molecule has 0 atom stereocenters. The van der Waals surface area contributed by atoms with E-state index in [4.69, 9.17) is 4.74 Å². The van der Waals surface area contributed by atoms with Crippen LogP contribution in [0.25, 0.3) is 10.2 Å². The lowest BCUT2D eigenvalue weighted by Gasteiger charge is -2.15. The number of aryl methyl sites for hydroxylation is 1. The van der Waals surface area contributed by atoms with Gasteiger partial charge in [-0.05, 0) is 55.7 Å². The molecule has 4 rings (SSSR count). The van der Waals surface area contributed by atoms with Crippen molar-refractivity contribution in [3.8, 4) is 5.75 Å². The highest BCUT2D eigenvalue weighted by Crippen LogP contribution is 2.27. The molecule has 0 saturated carbocycles. The van der Waals surface area contributed by atoms with Crippen molar-refractivity contribution in [1.82, 2.24) is 8.87 Å². The summed E-state index contributed by atoms with van der Waals surface area (Å²) in [4.78, 5) is 18.0. The fraction of sp³-hybridized carbons (Fsp3) is 0.364. The number of nitrogens with zero attached hydrogens (tertiary/aromatic N) is 3. The Balaban J connectivity index is 1.69. The molecule has 0 N–H and O–H groups in total. The number of sulfonamides is 1. The monoisotopic (exact) mass is 459 g/mol. The summed E-state index contributed by atoms with van der Waals surface area (Å²) >= 11 is 1.43. The number of rotatable bonds is 6. The number of hydrogen-bond acceptors (Lipinski definition) is 5. The summed E-state index contributed by atoms with van der Waals surface area (Å²) in [5.41, 5.74) is 1.28. The normalized spacial score (nSPS) is 15.6. The van der Waals surface area contributed by atoms with Crippen molar-refractivity contribution in [1.29, 1.82) is 0 Å². The topological polar surface area (TPSA) is 81.0 Å². The molecule has 9 heteroatoms. The number of carbonyl (C=O) groups excluding carboxylic acids is 1. The third-order valence-electron chi connectivity index (χ3n) is 5.33. The van der Waals surface area contributed by atoms with Crippen molar-refractivity contribution in [3.63, 3.8) is 0 Å². The maximum atomic E-state index is 12.9. The predicted octanol–water partition coefficient (Wildman–Crippen LogP) is 3.65. The molecule has 1 aliphatic rings. The van der Waals surface area contributed by atoms with Gasteiger partial charge in [0.25, 0.3) is 5.91 Å². The van der Waals surface area contributed by atoms with Gasteiger partial charge in [0, 0.05) is 25.2 Å². The maximum absolute atomic E-state index is 12.9. The molecule has 2 aromatic carbocycles. The zero-order valence-electron chi connectivity index (χ0n) is 17.6. The van der Waals surface area contributed by atoms with Gasteiger partial charge in [0.15, 0.2) is 4.80 Å². The van der Waals surface area contributed by atoms with E-state index in [9.17, 15) is 13.2 Å². The molecule has 1 aliphatic heterocycles. The molecule has 0 unspecified atom stereocenters. The van der Waals surface area contributed by atoms with E-state index in [2.05, 4.69) is 11.9 Å². The third kappa shape index (κ3) is 4.17. The second kappa shape index (κ2) is 8.94. The number of methoxy groups -OCH3 is 1. The summed E-state index contributed by atoms with van der Waals surface area (Å²) in [5, 5.41) is 0. The number of amides is 1. The summed E-state index contributed by atoms with van der Waals surface area (Å²) in [6.45, 7) is 3.87. The van der Waals surface area contributed by atoms with E-state index in [1.807, 2.05) is 22.8 Å². The number of aromatic nitrogens is 1. The maximum Gasteiger partial charge on any atom is 0.279 e. The average molecular weight is 460 g/mol. The van der Waals surface area contributed by atoms with Crippen molar-refractivity contribution >= 4 is 37.5 Å². The van der Waals surface area contributed by atoms with E-state index in [0.717, 1.165) is 35.2 Å². The summed E-state index contributed by atoms with van der Waals surface area (Å²) in [6, 6.07) is 11.8. The van der Waals surface area contributed by atoms with Crippen LogP contribution in [0.2, 0.25) is 0 Å². The van der Waals surface area contributed by atoms with Gasteiger partial charge in [-0.25, -0.2) is 8.42 Å². The van der Waals surface area contributed by atoms with E-state index >= 15 is 0 Å². The molecule has 1 amide bonds. The molecule has 7 nitrogen and oxygen atoms in total. The standard InChI is InChI=1S/C22H25N3O4S2/c1-3-13-25-20-18(29-2)7-6-8-19(20)30-22(25)23-21(26)16-9-11-17(12-10-16)31(27,28)24-14-4-5-15-24/h6-12H,3-5,13-15H2,1-2H3. The zero-order chi connectivity index (χ0) is 22.0. The number of carbonyl (C=O) groups is 1. The van der Waals surface area contributed by atoms with Crippen molar-refractivity contribution in [2.24, 2.45) is 4.99 Å². The van der Waals surface area contributed by atoms with Gasteiger partial charge in [-0.2, -0.15) is 9.30 Å². The van der Waals surface area contributed by atoms with Crippen molar-refractivity contribution in [2.75, 3.05) is 20.2 Å². The first-order valence-electron chi connectivity index (χ1n) is 10.3. The molecule has 164 valence electrons. The Kier molecular flexibility index (Phi) is 6.27. The molecule has 1 fully saturated rings. The Morgan fingerprint density at radius 3 is 2.48 bits per heavy atom. The Hall–Kier alpha value is -2.49. The van der Waals surface area contributed by atoms with Crippen LogP contribution in [0.5, 0.6) is 5.75 Å². The van der Waals surface area contributed by atoms with Crippen LogP contribution in [-0.4, -0.2) is 43.4 Å². The highest BCUT2D eigenvalue weighted by Gasteiger charge is 2.27. The Morgan fingerprint density at radius 2 is 1.84 bits per heavy atom. The molecule has 1 aromatic heterocycles. The minimum absolute atomic E-state index is 0.207. The quantitative estimate of drug-likeness (QED) is 0.564. The molecular weight excluding hydrogens is 434 g/mol. The number of benzene rings is 2. The van der Waals surface area contributed by atoms with Crippen molar-refractivity contribution in [2.45, 2.75) is 37.6 Å². The first kappa shape index (κ1) is 21.7. The third-order valence-corrected chi connectivity index (χ3v) is 8.29. The van der Waals surface area contributed by atoms with Gasteiger partial charge >= 0.3 is 0 Å². The lowest BCUT2D eigenvalue weighted by atomic mass is 10.2. The van der Waals surface area contributed by atoms with Crippen LogP contribution in [0.3, 0.4) is 0 Å². The van der Waals surface area contributed by atoms with E-state index in [-0.39, 0.29) is 4.90 Å². The van der Waals surface area contributed by atoms with E-state index < -0.39 is 15.9 Å². The van der Waals surface area contributed by atoms with Crippen molar-refractivity contribution in [3.05, 3.63) is 52.8 Å². The van der Waals surface area contributed by atoms with Crippen LogP contribution in [-0.2, 0) is 16.6 Å². The van der Waals surface area contributed by atoms with Gasteiger partial charge < -0.3 is 9.30 Å². The second-order valence-electron chi connectivity index (χ2n) is 7.40. The number of para-hydroxylation sites is 1. The Bertz CT molecular complexity index is 1270. The summed E-state index contributed by atoms with van der Waals surface area (Å²) < 4.78 is 35.4. The molecule has 3 aromatic rings. The number of fused-ring (bicyclic) bond motifs is 1. The molecule has 1 saturated heterocycles. The summed E-state index contributed by atoms with van der Waals surface area (Å²) in [6.07, 6.45) is 2.65. The number of hydrogen-bond donors (Lipinski definition) is 0. The summed E-state index contributed by atoms with van der Waals surface area (Å²) in [7, 11) is -1.88. The minimum atomic E-state index is -3.50. The van der Waals surface area contributed by atoms with Gasteiger partial charge in [0.2, 0.25) is 10.0 Å². The van der Waals surface area contributed by atoms with Crippen LogP contribution < -0.4 is 9.54 Å². The Morgan fingerprint density at radius 1 is 1.13 bits per heavy atom. The second-order valence-corrected chi connectivity index (χ2v) is 10.3. The van der Waals surface area contributed by atoms with Crippen LogP contribution in [0.1, 0.15) is 36.5 Å². The van der Waals surface area contributed by atoms with Crippen molar-refractivity contribution < 1.29 is 17.9 Å². The van der Waals surface area contributed by atoms with E-state index in [1.165, 1.54) is 39.9 Å². The lowest BCUT2D eigenvalue weighted by molar-refractivity contribution is 0.0997. The summed E-state index contributed by atoms with van der Waals surface area (Å²) in [5.74, 6) is 0.341. The van der Waals surface area contributed by atoms with Crippen LogP contribution in [0.15, 0.2) is 52.4 Å². The molecule has 0 radical (unpaired) electrons. The first-order chi connectivity index (χ1) is 15.0. The fourth-order valence-electron chi connectivity index (χ4n) is 3.78. The van der Waals surface area contributed by atoms with Gasteiger partial charge in [-0.3, -0.25) is 4.79 Å². The average Bonchev–Trinajstić information content (AvgIpc) is 3.43. The first-order valence-corrected chi connectivity index (χ1v) is 12.6. The minimum Gasteiger partial charge on any atom is -0.495 e. The van der Waals surface area contributed by atoms with E-state index in [1.54, 1.807) is 7.11 Å². The Labute approximate surface area is 185 Å². The highest BCUT2D eigenvalue weighted by atomic mass is 32.2. The molecule has 2 heterocycles. The van der Waals surface area contributed by atoms with Gasteiger partial charge in [-0.15, -0.1) is 0 Å². The van der Waals surface area contributed by atoms with Gasteiger partial charge in [-0.1, -0.05) is 24.3 Å². The SMILES string of the molecule is CCCn1c(=NC(=O)c2ccc(S(=O)(=O)N3CCCC3)cc2)sc2cccc(OC)c21. The van der Waals surface area contributed by atoms with Crippen LogP contribution >= 0.6 is 11.3 Å². The molecule has 0 aliphatic carbocycles. The zero-order valence-corrected chi connectivity index (χ0v) is 19.2.